The number of nitrogens with zero attached hydrogens (tertiary/aromatic N) is 2. The summed E-state index contributed by atoms with van der Waals surface area (Å²) in [5.41, 5.74) is 1.97. The van der Waals surface area contributed by atoms with E-state index < -0.39 is 17.9 Å². The van der Waals surface area contributed by atoms with Crippen LogP contribution >= 0.6 is 0 Å². The van der Waals surface area contributed by atoms with Crippen LogP contribution in [0.1, 0.15) is 27.0 Å². The number of ether oxygens (including phenoxy) is 1. The second-order valence-corrected chi connectivity index (χ2v) is 5.25. The van der Waals surface area contributed by atoms with Crippen LogP contribution in [-0.2, 0) is 16.0 Å². The molecule has 0 bridgehead atoms. The molecule has 0 saturated heterocycles. The molecule has 0 aliphatic carbocycles. The molecular formula is C19H15N3O3. The van der Waals surface area contributed by atoms with Crippen molar-refractivity contribution < 1.29 is 14.3 Å². The minimum atomic E-state index is -0.887. The largest absolute Gasteiger partial charge is 0.467 e. The summed E-state index contributed by atoms with van der Waals surface area (Å²) in [5, 5.41) is 20.4. The molecule has 2 aromatic rings. The topological polar surface area (TPSA) is 103 Å². The molecule has 0 fully saturated rings. The third-order valence-electron chi connectivity index (χ3n) is 3.56. The minimum Gasteiger partial charge on any atom is -0.467 e. The summed E-state index contributed by atoms with van der Waals surface area (Å²) >= 11 is 0. The molecular weight excluding hydrogens is 318 g/mol. The lowest BCUT2D eigenvalue weighted by molar-refractivity contribution is -0.142. The molecule has 2 aromatic carbocycles. The SMILES string of the molecule is COC(=O)[C@H](Cc1cccc(C#N)c1)NC(=O)c1ccc(C#N)cc1. The Morgan fingerprint density at radius 3 is 2.36 bits per heavy atom. The first kappa shape index (κ1) is 17.7. The zero-order valence-corrected chi connectivity index (χ0v) is 13.5. The summed E-state index contributed by atoms with van der Waals surface area (Å²) in [6.45, 7) is 0. The van der Waals surface area contributed by atoms with E-state index in [2.05, 4.69) is 5.32 Å². The van der Waals surface area contributed by atoms with Crippen molar-refractivity contribution in [1.29, 1.82) is 10.5 Å². The maximum atomic E-state index is 12.3. The predicted molar refractivity (Wildman–Crippen MR) is 89.3 cm³/mol. The van der Waals surface area contributed by atoms with Gasteiger partial charge in [0.1, 0.15) is 6.04 Å². The summed E-state index contributed by atoms with van der Waals surface area (Å²) < 4.78 is 4.75. The number of rotatable bonds is 5. The van der Waals surface area contributed by atoms with Gasteiger partial charge in [-0.15, -0.1) is 0 Å². The maximum absolute atomic E-state index is 12.3. The van der Waals surface area contributed by atoms with Gasteiger partial charge in [0.15, 0.2) is 0 Å². The Morgan fingerprint density at radius 1 is 1.08 bits per heavy atom. The predicted octanol–water partition coefficient (Wildman–Crippen LogP) is 1.94. The number of nitrogens with one attached hydrogen (secondary N) is 1. The highest BCUT2D eigenvalue weighted by Crippen LogP contribution is 2.10. The average molecular weight is 333 g/mol. The molecule has 0 aliphatic rings. The molecule has 0 aliphatic heterocycles. The molecule has 0 saturated carbocycles. The summed E-state index contributed by atoms with van der Waals surface area (Å²) in [6.07, 6.45) is 0.199. The molecule has 1 amide bonds. The lowest BCUT2D eigenvalue weighted by Crippen LogP contribution is -2.43. The lowest BCUT2D eigenvalue weighted by atomic mass is 10.0. The van der Waals surface area contributed by atoms with Crippen LogP contribution in [0.3, 0.4) is 0 Å². The molecule has 6 nitrogen and oxygen atoms in total. The maximum Gasteiger partial charge on any atom is 0.328 e. The van der Waals surface area contributed by atoms with Crippen molar-refractivity contribution in [1.82, 2.24) is 5.32 Å². The normalized spacial score (nSPS) is 10.8. The summed E-state index contributed by atoms with van der Waals surface area (Å²) in [5.74, 6) is -1.03. The zero-order chi connectivity index (χ0) is 18.2. The molecule has 0 aromatic heterocycles. The second kappa shape index (κ2) is 8.28. The molecule has 2 rings (SSSR count). The summed E-state index contributed by atoms with van der Waals surface area (Å²) in [6, 6.07) is 16.0. The van der Waals surface area contributed by atoms with E-state index in [1.54, 1.807) is 24.3 Å². The van der Waals surface area contributed by atoms with Crippen LogP contribution in [0.5, 0.6) is 0 Å². The monoisotopic (exact) mass is 333 g/mol. The van der Waals surface area contributed by atoms with Gasteiger partial charge in [0.05, 0.1) is 30.4 Å². The smallest absolute Gasteiger partial charge is 0.328 e. The minimum absolute atomic E-state index is 0.199. The fraction of sp³-hybridized carbons (Fsp3) is 0.158. The van der Waals surface area contributed by atoms with Crippen molar-refractivity contribution in [3.63, 3.8) is 0 Å². The number of hydrogen-bond donors (Lipinski definition) is 1. The molecule has 0 radical (unpaired) electrons. The van der Waals surface area contributed by atoms with Crippen LogP contribution in [-0.4, -0.2) is 25.0 Å². The number of nitriles is 2. The molecule has 1 N–H and O–H groups in total. The molecule has 124 valence electrons. The highest BCUT2D eigenvalue weighted by atomic mass is 16.5. The number of benzene rings is 2. The Balaban J connectivity index is 2.16. The highest BCUT2D eigenvalue weighted by molar-refractivity contribution is 5.96. The Bertz CT molecular complexity index is 861. The third-order valence-corrected chi connectivity index (χ3v) is 3.56. The van der Waals surface area contributed by atoms with E-state index in [1.165, 1.54) is 31.4 Å². The van der Waals surface area contributed by atoms with Gasteiger partial charge in [-0.05, 0) is 42.0 Å². The van der Waals surface area contributed by atoms with Crippen molar-refractivity contribution in [3.8, 4) is 12.1 Å². The molecule has 0 spiro atoms. The quantitative estimate of drug-likeness (QED) is 0.842. The van der Waals surface area contributed by atoms with Gasteiger partial charge in [-0.25, -0.2) is 4.79 Å². The number of amides is 1. The van der Waals surface area contributed by atoms with Gasteiger partial charge in [-0.2, -0.15) is 10.5 Å². The van der Waals surface area contributed by atoms with Crippen LogP contribution in [0.4, 0.5) is 0 Å². The van der Waals surface area contributed by atoms with Crippen LogP contribution in [0.25, 0.3) is 0 Å². The lowest BCUT2D eigenvalue weighted by Gasteiger charge is -2.17. The Hall–Kier alpha value is -3.64. The van der Waals surface area contributed by atoms with E-state index in [1.807, 2.05) is 12.1 Å². The number of esters is 1. The number of methoxy groups -OCH3 is 1. The highest BCUT2D eigenvalue weighted by Gasteiger charge is 2.22. The van der Waals surface area contributed by atoms with Crippen LogP contribution in [0.15, 0.2) is 48.5 Å². The Labute approximate surface area is 145 Å². The molecule has 25 heavy (non-hydrogen) atoms. The van der Waals surface area contributed by atoms with Gasteiger partial charge in [-0.1, -0.05) is 12.1 Å². The first-order valence-electron chi connectivity index (χ1n) is 7.45. The van der Waals surface area contributed by atoms with Gasteiger partial charge in [0.25, 0.3) is 5.91 Å². The van der Waals surface area contributed by atoms with Crippen molar-refractivity contribution in [2.24, 2.45) is 0 Å². The fourth-order valence-electron chi connectivity index (χ4n) is 2.28. The fourth-order valence-corrected chi connectivity index (χ4v) is 2.28. The van der Waals surface area contributed by atoms with Crippen molar-refractivity contribution in [3.05, 3.63) is 70.8 Å². The van der Waals surface area contributed by atoms with Crippen molar-refractivity contribution in [2.75, 3.05) is 7.11 Å². The average Bonchev–Trinajstić information content (AvgIpc) is 2.66. The Kier molecular flexibility index (Phi) is 5.86. The van der Waals surface area contributed by atoms with Crippen molar-refractivity contribution in [2.45, 2.75) is 12.5 Å². The van der Waals surface area contributed by atoms with E-state index in [0.29, 0.717) is 16.7 Å². The first-order chi connectivity index (χ1) is 12.1. The molecule has 6 heteroatoms. The van der Waals surface area contributed by atoms with Crippen LogP contribution < -0.4 is 5.32 Å². The molecule has 0 heterocycles. The zero-order valence-electron chi connectivity index (χ0n) is 13.5. The van der Waals surface area contributed by atoms with E-state index >= 15 is 0 Å². The van der Waals surface area contributed by atoms with Gasteiger partial charge in [0, 0.05) is 12.0 Å². The number of hydrogen-bond acceptors (Lipinski definition) is 5. The van der Waals surface area contributed by atoms with Gasteiger partial charge < -0.3 is 10.1 Å². The third kappa shape index (κ3) is 4.66. The Morgan fingerprint density at radius 2 is 1.76 bits per heavy atom. The first-order valence-corrected chi connectivity index (χ1v) is 7.45. The van der Waals surface area contributed by atoms with E-state index in [0.717, 1.165) is 5.56 Å². The summed E-state index contributed by atoms with van der Waals surface area (Å²) in [4.78, 5) is 24.3. The van der Waals surface area contributed by atoms with E-state index in [9.17, 15) is 9.59 Å². The van der Waals surface area contributed by atoms with Gasteiger partial charge >= 0.3 is 5.97 Å². The molecule has 1 atom stereocenters. The van der Waals surface area contributed by atoms with Crippen LogP contribution in [0, 0.1) is 22.7 Å². The number of carbonyl (C=O) groups excluding carboxylic acids is 2. The molecule has 0 unspecified atom stereocenters. The van der Waals surface area contributed by atoms with E-state index in [4.69, 9.17) is 15.3 Å². The van der Waals surface area contributed by atoms with Gasteiger partial charge in [0.2, 0.25) is 0 Å². The summed E-state index contributed by atoms with van der Waals surface area (Å²) in [7, 11) is 1.24. The van der Waals surface area contributed by atoms with Crippen molar-refractivity contribution >= 4 is 11.9 Å². The van der Waals surface area contributed by atoms with Crippen LogP contribution in [0.2, 0.25) is 0 Å². The van der Waals surface area contributed by atoms with E-state index in [-0.39, 0.29) is 6.42 Å². The standard InChI is InChI=1S/C19H15N3O3/c1-25-19(24)17(10-14-3-2-4-15(9-14)12-21)22-18(23)16-7-5-13(11-20)6-8-16/h2-9,17H,10H2,1H3,(H,22,23)/t17-/m0/s1. The number of carbonyl (C=O) groups is 2. The van der Waals surface area contributed by atoms with Gasteiger partial charge in [-0.3, -0.25) is 4.79 Å². The second-order valence-electron chi connectivity index (χ2n) is 5.25.